The Hall–Kier alpha value is -2.90. The number of amides is 4. The number of nitrogens with one attached hydrogen (secondary N) is 2. The van der Waals surface area contributed by atoms with Gasteiger partial charge in [-0.1, -0.05) is 31.4 Å². The van der Waals surface area contributed by atoms with E-state index in [1.807, 2.05) is 12.1 Å². The van der Waals surface area contributed by atoms with Crippen LogP contribution in [-0.2, 0) is 20.8 Å². The molecule has 1 aromatic rings. The fourth-order valence-corrected chi connectivity index (χ4v) is 3.59. The number of rotatable bonds is 7. The first-order chi connectivity index (χ1) is 13.4. The van der Waals surface area contributed by atoms with Crippen LogP contribution in [0.25, 0.3) is 0 Å². The molecule has 2 N–H and O–H groups in total. The van der Waals surface area contributed by atoms with E-state index in [1.165, 1.54) is 0 Å². The average Bonchev–Trinajstić information content (AvgIpc) is 2.90. The number of aryl methyl sites for hydroxylation is 1. The third-order valence-corrected chi connectivity index (χ3v) is 5.16. The van der Waals surface area contributed by atoms with Gasteiger partial charge in [-0.25, -0.2) is 4.79 Å². The number of carbonyl (C=O) groups excluding carboxylic acids is 4. The van der Waals surface area contributed by atoms with Gasteiger partial charge in [-0.05, 0) is 43.9 Å². The highest BCUT2D eigenvalue weighted by Crippen LogP contribution is 2.32. The molecule has 1 aliphatic heterocycles. The number of imide groups is 1. The van der Waals surface area contributed by atoms with E-state index < -0.39 is 23.4 Å². The van der Waals surface area contributed by atoms with Gasteiger partial charge in [0, 0.05) is 6.42 Å². The minimum absolute atomic E-state index is 0.132. The van der Waals surface area contributed by atoms with Crippen LogP contribution < -0.4 is 15.5 Å². The first kappa shape index (κ1) is 19.9. The second kappa shape index (κ2) is 8.41. The van der Waals surface area contributed by atoms with Gasteiger partial charge in [-0.3, -0.25) is 15.0 Å². The third kappa shape index (κ3) is 4.49. The van der Waals surface area contributed by atoms with E-state index in [0.29, 0.717) is 31.4 Å². The number of hydrazine groups is 1. The standard InChI is InChI=1S/C20H25N3O5/c1-14(24)5-6-15-7-9-16(10-8-15)28-13-17(25)22-23-18(26)20(21-19(23)27)11-3-2-4-12-20/h7-10H,2-6,11-13H2,1H3,(H,21,27)(H,22,25). The van der Waals surface area contributed by atoms with Gasteiger partial charge in [0.2, 0.25) is 0 Å². The molecular formula is C20H25N3O5. The van der Waals surface area contributed by atoms with E-state index in [0.717, 1.165) is 29.8 Å². The topological polar surface area (TPSA) is 105 Å². The number of urea groups is 1. The maximum atomic E-state index is 12.6. The number of Topliss-reactive ketones (excluding diaryl/α,β-unsaturated/α-hetero) is 1. The summed E-state index contributed by atoms with van der Waals surface area (Å²) in [7, 11) is 0. The largest absolute Gasteiger partial charge is 0.484 e. The zero-order valence-corrected chi connectivity index (χ0v) is 16.0. The summed E-state index contributed by atoms with van der Waals surface area (Å²) in [6, 6.07) is 6.50. The molecule has 0 radical (unpaired) electrons. The summed E-state index contributed by atoms with van der Waals surface area (Å²) in [5.74, 6) is -0.368. The van der Waals surface area contributed by atoms with Crippen LogP contribution in [0.3, 0.4) is 0 Å². The van der Waals surface area contributed by atoms with Crippen LogP contribution in [0, 0.1) is 0 Å². The maximum Gasteiger partial charge on any atom is 0.344 e. The summed E-state index contributed by atoms with van der Waals surface area (Å²) in [6.07, 6.45) is 5.12. The minimum atomic E-state index is -0.876. The van der Waals surface area contributed by atoms with Gasteiger partial charge in [0.15, 0.2) is 6.61 Å². The summed E-state index contributed by atoms with van der Waals surface area (Å²) in [5.41, 5.74) is 2.46. The van der Waals surface area contributed by atoms with Crippen molar-refractivity contribution >= 4 is 23.6 Å². The minimum Gasteiger partial charge on any atom is -0.484 e. The van der Waals surface area contributed by atoms with Crippen LogP contribution >= 0.6 is 0 Å². The van der Waals surface area contributed by atoms with E-state index in [-0.39, 0.29) is 12.4 Å². The molecule has 8 heteroatoms. The Balaban J connectivity index is 1.49. The van der Waals surface area contributed by atoms with Gasteiger partial charge in [0.25, 0.3) is 11.8 Å². The van der Waals surface area contributed by atoms with Gasteiger partial charge < -0.3 is 14.8 Å². The van der Waals surface area contributed by atoms with Gasteiger partial charge in [0.1, 0.15) is 17.1 Å². The first-order valence-corrected chi connectivity index (χ1v) is 9.57. The van der Waals surface area contributed by atoms with Crippen LogP contribution in [0.2, 0.25) is 0 Å². The molecule has 1 saturated carbocycles. The van der Waals surface area contributed by atoms with Gasteiger partial charge in [-0.15, -0.1) is 0 Å². The van der Waals surface area contributed by atoms with Crippen molar-refractivity contribution in [1.29, 1.82) is 0 Å². The molecule has 0 bridgehead atoms. The number of benzene rings is 1. The summed E-state index contributed by atoms with van der Waals surface area (Å²) in [4.78, 5) is 47.9. The zero-order valence-electron chi connectivity index (χ0n) is 16.0. The highest BCUT2D eigenvalue weighted by Gasteiger charge is 2.52. The Morgan fingerprint density at radius 1 is 1.14 bits per heavy atom. The highest BCUT2D eigenvalue weighted by molar-refractivity contribution is 6.08. The van der Waals surface area contributed by atoms with Crippen molar-refractivity contribution in [2.45, 2.75) is 57.4 Å². The third-order valence-electron chi connectivity index (χ3n) is 5.16. The quantitative estimate of drug-likeness (QED) is 0.695. The average molecular weight is 387 g/mol. The second-order valence-corrected chi connectivity index (χ2v) is 7.38. The SMILES string of the molecule is CC(=O)CCc1ccc(OCC(=O)NN2C(=O)NC3(CCCCC3)C2=O)cc1. The maximum absolute atomic E-state index is 12.6. The Labute approximate surface area is 163 Å². The molecule has 8 nitrogen and oxygen atoms in total. The molecule has 0 aromatic heterocycles. The number of carbonyl (C=O) groups is 4. The van der Waals surface area contributed by atoms with Gasteiger partial charge in [-0.2, -0.15) is 5.01 Å². The number of nitrogens with zero attached hydrogens (tertiary/aromatic N) is 1. The number of hydrogen-bond donors (Lipinski definition) is 2. The van der Waals surface area contributed by atoms with Crippen molar-refractivity contribution in [1.82, 2.24) is 15.8 Å². The van der Waals surface area contributed by atoms with E-state index >= 15 is 0 Å². The molecule has 2 fully saturated rings. The Kier molecular flexibility index (Phi) is 5.96. The Morgan fingerprint density at radius 3 is 2.46 bits per heavy atom. The lowest BCUT2D eigenvalue weighted by Gasteiger charge is -2.30. The predicted octanol–water partition coefficient (Wildman–Crippen LogP) is 1.87. The summed E-state index contributed by atoms with van der Waals surface area (Å²) >= 11 is 0. The van der Waals surface area contributed by atoms with Crippen molar-refractivity contribution in [2.24, 2.45) is 0 Å². The summed E-state index contributed by atoms with van der Waals surface area (Å²) in [6.45, 7) is 1.23. The molecule has 0 atom stereocenters. The zero-order chi connectivity index (χ0) is 20.1. The van der Waals surface area contributed by atoms with Crippen molar-refractivity contribution < 1.29 is 23.9 Å². The van der Waals surface area contributed by atoms with E-state index in [1.54, 1.807) is 19.1 Å². The number of ether oxygens (including phenoxy) is 1. The molecule has 28 heavy (non-hydrogen) atoms. The molecular weight excluding hydrogens is 362 g/mol. The molecule has 1 heterocycles. The first-order valence-electron chi connectivity index (χ1n) is 9.57. The molecule has 1 saturated heterocycles. The molecule has 0 unspecified atom stereocenters. The molecule has 4 amide bonds. The second-order valence-electron chi connectivity index (χ2n) is 7.38. The van der Waals surface area contributed by atoms with Crippen molar-refractivity contribution in [3.8, 4) is 5.75 Å². The Bertz CT molecular complexity index is 769. The smallest absolute Gasteiger partial charge is 0.344 e. The van der Waals surface area contributed by atoms with Gasteiger partial charge >= 0.3 is 6.03 Å². The lowest BCUT2D eigenvalue weighted by molar-refractivity contribution is -0.140. The normalized spacial score (nSPS) is 18.1. The lowest BCUT2D eigenvalue weighted by Crippen LogP contribution is -2.51. The molecule has 150 valence electrons. The monoisotopic (exact) mass is 387 g/mol. The van der Waals surface area contributed by atoms with Crippen LogP contribution in [-0.4, -0.2) is 40.8 Å². The fraction of sp³-hybridized carbons (Fsp3) is 0.500. The van der Waals surface area contributed by atoms with Crippen molar-refractivity contribution in [2.75, 3.05) is 6.61 Å². The van der Waals surface area contributed by atoms with Crippen LogP contribution in [0.15, 0.2) is 24.3 Å². The van der Waals surface area contributed by atoms with E-state index in [4.69, 9.17) is 4.74 Å². The Morgan fingerprint density at radius 2 is 1.82 bits per heavy atom. The number of ketones is 1. The van der Waals surface area contributed by atoms with Crippen LogP contribution in [0.1, 0.15) is 51.0 Å². The van der Waals surface area contributed by atoms with Crippen molar-refractivity contribution in [3.05, 3.63) is 29.8 Å². The van der Waals surface area contributed by atoms with Crippen LogP contribution in [0.5, 0.6) is 5.75 Å². The van der Waals surface area contributed by atoms with Crippen molar-refractivity contribution in [3.63, 3.8) is 0 Å². The summed E-state index contributed by atoms with van der Waals surface area (Å²) in [5, 5.41) is 3.50. The van der Waals surface area contributed by atoms with E-state index in [9.17, 15) is 19.2 Å². The molecule has 1 aromatic carbocycles. The van der Waals surface area contributed by atoms with Gasteiger partial charge in [0.05, 0.1) is 0 Å². The lowest BCUT2D eigenvalue weighted by atomic mass is 9.82. The molecule has 2 aliphatic rings. The molecule has 1 aliphatic carbocycles. The molecule has 3 rings (SSSR count). The van der Waals surface area contributed by atoms with Crippen LogP contribution in [0.4, 0.5) is 4.79 Å². The van der Waals surface area contributed by atoms with E-state index in [2.05, 4.69) is 10.7 Å². The number of hydrogen-bond acceptors (Lipinski definition) is 5. The highest BCUT2D eigenvalue weighted by atomic mass is 16.5. The predicted molar refractivity (Wildman–Crippen MR) is 100 cm³/mol. The molecule has 1 spiro atoms. The summed E-state index contributed by atoms with van der Waals surface area (Å²) < 4.78 is 5.42. The fourth-order valence-electron chi connectivity index (χ4n) is 3.59.